The molecule has 0 aliphatic carbocycles. The van der Waals surface area contributed by atoms with Gasteiger partial charge in [-0.05, 0) is 73.5 Å². The van der Waals surface area contributed by atoms with E-state index in [9.17, 15) is 8.78 Å². The maximum Gasteiger partial charge on any atom is 0.143 e. The summed E-state index contributed by atoms with van der Waals surface area (Å²) in [5, 5.41) is 0. The fourth-order valence-corrected chi connectivity index (χ4v) is 3.93. The van der Waals surface area contributed by atoms with Crippen LogP contribution in [-0.2, 0) is 0 Å². The molecule has 0 amide bonds. The van der Waals surface area contributed by atoms with Gasteiger partial charge < -0.3 is 9.47 Å². The minimum Gasteiger partial charge on any atom is -0.494 e. The lowest BCUT2D eigenvalue weighted by molar-refractivity contribution is 0.304. The standard InChI is InChI=1S/C35H38F2O2/c1-3-5-7-8-9-11-25-39-32-21-16-29(17-22-32)18-23-33-34(36)26-30(27-35(33)37)13-12-28-14-19-31(20-15-28)38-24-10-6-4-2/h14-17,19-22,26-27H,3-11,24-25H2,1-2H3. The van der Waals surface area contributed by atoms with E-state index in [1.54, 1.807) is 12.1 Å². The smallest absolute Gasteiger partial charge is 0.143 e. The van der Waals surface area contributed by atoms with E-state index in [4.69, 9.17) is 9.47 Å². The molecular weight excluding hydrogens is 490 g/mol. The number of hydrogen-bond donors (Lipinski definition) is 0. The summed E-state index contributed by atoms with van der Waals surface area (Å²) in [6.07, 6.45) is 10.6. The summed E-state index contributed by atoms with van der Waals surface area (Å²) in [5.41, 5.74) is 1.37. The fourth-order valence-electron chi connectivity index (χ4n) is 3.93. The van der Waals surface area contributed by atoms with E-state index in [0.717, 1.165) is 42.7 Å². The van der Waals surface area contributed by atoms with Crippen molar-refractivity contribution in [3.8, 4) is 35.2 Å². The minimum absolute atomic E-state index is 0.252. The van der Waals surface area contributed by atoms with Crippen LogP contribution in [0.2, 0.25) is 0 Å². The summed E-state index contributed by atoms with van der Waals surface area (Å²) in [6, 6.07) is 17.0. The third-order valence-electron chi connectivity index (χ3n) is 6.22. The van der Waals surface area contributed by atoms with Gasteiger partial charge in [0.2, 0.25) is 0 Å². The molecule has 0 unspecified atom stereocenters. The van der Waals surface area contributed by atoms with Crippen LogP contribution >= 0.6 is 0 Å². The third-order valence-corrected chi connectivity index (χ3v) is 6.22. The number of halogens is 2. The fraction of sp³-hybridized carbons (Fsp3) is 0.371. The molecule has 3 aromatic rings. The van der Waals surface area contributed by atoms with E-state index in [1.165, 1.54) is 44.2 Å². The first kappa shape index (κ1) is 29.8. The van der Waals surface area contributed by atoms with Gasteiger partial charge in [-0.15, -0.1) is 0 Å². The van der Waals surface area contributed by atoms with Gasteiger partial charge in [-0.2, -0.15) is 0 Å². The van der Waals surface area contributed by atoms with E-state index in [1.807, 2.05) is 36.4 Å². The van der Waals surface area contributed by atoms with Crippen LogP contribution in [0.15, 0.2) is 60.7 Å². The molecule has 3 rings (SSSR count). The summed E-state index contributed by atoms with van der Waals surface area (Å²) in [7, 11) is 0. The third kappa shape index (κ3) is 10.9. The SMILES string of the molecule is CCCCCCCCOc1ccc(C#Cc2c(F)cc(C#Cc3ccc(OCCCCC)cc3)cc2F)cc1. The molecule has 2 nitrogen and oxygen atoms in total. The van der Waals surface area contributed by atoms with Crippen molar-refractivity contribution in [3.63, 3.8) is 0 Å². The van der Waals surface area contributed by atoms with Crippen LogP contribution in [-0.4, -0.2) is 13.2 Å². The quantitative estimate of drug-likeness (QED) is 0.163. The predicted octanol–water partition coefficient (Wildman–Crippen LogP) is 9.07. The number of ether oxygens (including phenoxy) is 2. The summed E-state index contributed by atoms with van der Waals surface area (Å²) in [4.78, 5) is 0. The van der Waals surface area contributed by atoms with E-state index >= 15 is 0 Å². The average molecular weight is 529 g/mol. The molecule has 0 saturated heterocycles. The number of benzene rings is 3. The van der Waals surface area contributed by atoms with Crippen molar-refractivity contribution >= 4 is 0 Å². The van der Waals surface area contributed by atoms with Gasteiger partial charge in [-0.25, -0.2) is 8.78 Å². The van der Waals surface area contributed by atoms with Gasteiger partial charge >= 0.3 is 0 Å². The summed E-state index contributed by atoms with van der Waals surface area (Å²) < 4.78 is 40.8. The van der Waals surface area contributed by atoms with Crippen molar-refractivity contribution in [2.24, 2.45) is 0 Å². The van der Waals surface area contributed by atoms with Crippen molar-refractivity contribution in [1.29, 1.82) is 0 Å². The molecule has 0 aliphatic rings. The average Bonchev–Trinajstić information content (AvgIpc) is 2.94. The van der Waals surface area contributed by atoms with Crippen LogP contribution in [0.3, 0.4) is 0 Å². The van der Waals surface area contributed by atoms with Crippen molar-refractivity contribution in [2.45, 2.75) is 71.6 Å². The Balaban J connectivity index is 1.54. The van der Waals surface area contributed by atoms with E-state index < -0.39 is 11.6 Å². The Labute approximate surface area is 232 Å². The highest BCUT2D eigenvalue weighted by molar-refractivity contribution is 5.50. The Hall–Kier alpha value is -3.76. The second-order valence-corrected chi connectivity index (χ2v) is 9.54. The Morgan fingerprint density at radius 1 is 0.513 bits per heavy atom. The second kappa shape index (κ2) is 17.0. The minimum atomic E-state index is -0.735. The largest absolute Gasteiger partial charge is 0.494 e. The highest BCUT2D eigenvalue weighted by Crippen LogP contribution is 2.17. The van der Waals surface area contributed by atoms with Gasteiger partial charge in [-0.1, -0.05) is 82.5 Å². The van der Waals surface area contributed by atoms with Crippen molar-refractivity contribution in [2.75, 3.05) is 13.2 Å². The van der Waals surface area contributed by atoms with Gasteiger partial charge in [0.1, 0.15) is 23.1 Å². The Bertz CT molecular complexity index is 1250. The van der Waals surface area contributed by atoms with Gasteiger partial charge in [0.25, 0.3) is 0 Å². The van der Waals surface area contributed by atoms with Crippen LogP contribution < -0.4 is 9.47 Å². The van der Waals surface area contributed by atoms with Gasteiger partial charge in [0.05, 0.1) is 18.8 Å². The first-order chi connectivity index (χ1) is 19.1. The molecule has 3 aromatic carbocycles. The zero-order valence-corrected chi connectivity index (χ0v) is 23.1. The number of rotatable bonds is 13. The van der Waals surface area contributed by atoms with Crippen molar-refractivity contribution in [1.82, 2.24) is 0 Å². The summed E-state index contributed by atoms with van der Waals surface area (Å²) in [6.45, 7) is 5.73. The molecule has 4 heteroatoms. The monoisotopic (exact) mass is 528 g/mol. The molecule has 0 aromatic heterocycles. The zero-order chi connectivity index (χ0) is 27.7. The molecule has 0 spiro atoms. The van der Waals surface area contributed by atoms with Crippen molar-refractivity contribution in [3.05, 3.63) is 94.6 Å². The van der Waals surface area contributed by atoms with Crippen LogP contribution in [0.1, 0.15) is 93.9 Å². The predicted molar refractivity (Wildman–Crippen MR) is 155 cm³/mol. The molecule has 39 heavy (non-hydrogen) atoms. The molecule has 0 bridgehead atoms. The Morgan fingerprint density at radius 3 is 1.46 bits per heavy atom. The molecule has 204 valence electrons. The Kier molecular flexibility index (Phi) is 12.9. The molecule has 0 atom stereocenters. The first-order valence-electron chi connectivity index (χ1n) is 14.1. The van der Waals surface area contributed by atoms with Gasteiger partial charge in [-0.3, -0.25) is 0 Å². The molecule has 0 N–H and O–H groups in total. The van der Waals surface area contributed by atoms with E-state index in [-0.39, 0.29) is 11.1 Å². The maximum atomic E-state index is 14.7. The molecule has 0 heterocycles. The number of hydrogen-bond acceptors (Lipinski definition) is 2. The second-order valence-electron chi connectivity index (χ2n) is 9.54. The van der Waals surface area contributed by atoms with Crippen LogP contribution in [0.4, 0.5) is 8.78 Å². The maximum absolute atomic E-state index is 14.7. The lowest BCUT2D eigenvalue weighted by Crippen LogP contribution is -1.97. The molecule has 0 saturated carbocycles. The van der Waals surface area contributed by atoms with Gasteiger partial charge in [0, 0.05) is 16.7 Å². The van der Waals surface area contributed by atoms with Crippen LogP contribution in [0.5, 0.6) is 11.5 Å². The summed E-state index contributed by atoms with van der Waals surface area (Å²) >= 11 is 0. The first-order valence-corrected chi connectivity index (χ1v) is 14.1. The normalized spacial score (nSPS) is 10.3. The molecule has 0 aliphatic heterocycles. The van der Waals surface area contributed by atoms with Crippen LogP contribution in [0.25, 0.3) is 0 Å². The van der Waals surface area contributed by atoms with Crippen molar-refractivity contribution < 1.29 is 18.3 Å². The van der Waals surface area contributed by atoms with E-state index in [0.29, 0.717) is 18.8 Å². The van der Waals surface area contributed by atoms with Gasteiger partial charge in [0.15, 0.2) is 0 Å². The highest BCUT2D eigenvalue weighted by atomic mass is 19.1. The van der Waals surface area contributed by atoms with E-state index in [2.05, 4.69) is 37.5 Å². The number of unbranched alkanes of at least 4 members (excludes halogenated alkanes) is 7. The Morgan fingerprint density at radius 2 is 0.923 bits per heavy atom. The summed E-state index contributed by atoms with van der Waals surface area (Å²) in [5.74, 6) is 11.3. The molecule has 0 fully saturated rings. The highest BCUT2D eigenvalue weighted by Gasteiger charge is 2.08. The van der Waals surface area contributed by atoms with Crippen LogP contribution in [0, 0.1) is 35.3 Å². The topological polar surface area (TPSA) is 18.5 Å². The molecule has 0 radical (unpaired) electrons. The zero-order valence-electron chi connectivity index (χ0n) is 23.1. The molecular formula is C35H38F2O2. The lowest BCUT2D eigenvalue weighted by Gasteiger charge is -2.06. The lowest BCUT2D eigenvalue weighted by atomic mass is 10.1.